The molecule has 1 N–H and O–H groups in total. The Bertz CT molecular complexity index is 823. The quantitative estimate of drug-likeness (QED) is 0.746. The molecule has 0 aliphatic carbocycles. The van der Waals surface area contributed by atoms with Crippen LogP contribution in [-0.2, 0) is 11.2 Å². The van der Waals surface area contributed by atoms with Crippen LogP contribution in [0, 0.1) is 5.82 Å². The second kappa shape index (κ2) is 7.65. The van der Waals surface area contributed by atoms with Gasteiger partial charge in [-0.05, 0) is 17.7 Å². The van der Waals surface area contributed by atoms with Crippen LogP contribution in [-0.4, -0.2) is 22.7 Å². The van der Waals surface area contributed by atoms with Crippen LogP contribution in [0.25, 0.3) is 0 Å². The van der Waals surface area contributed by atoms with E-state index in [1.807, 2.05) is 30.3 Å². The van der Waals surface area contributed by atoms with Gasteiger partial charge in [-0.2, -0.15) is 0 Å². The summed E-state index contributed by atoms with van der Waals surface area (Å²) in [5, 5.41) is 11.8. The normalized spacial score (nSPS) is 10.4. The summed E-state index contributed by atoms with van der Waals surface area (Å²) in [6.07, 6.45) is 0.653. The van der Waals surface area contributed by atoms with Crippen molar-refractivity contribution in [3.63, 3.8) is 0 Å². The van der Waals surface area contributed by atoms with Crippen molar-refractivity contribution in [1.82, 2.24) is 10.2 Å². The smallest absolute Gasteiger partial charge is 0.264 e. The molecule has 0 aliphatic rings. The predicted octanol–water partition coefficient (Wildman–Crippen LogP) is 3.29. The molecule has 2 aromatic carbocycles. The number of nitrogens with one attached hydrogen (secondary N) is 1. The van der Waals surface area contributed by atoms with Crippen molar-refractivity contribution in [3.8, 4) is 5.75 Å². The average Bonchev–Trinajstić information content (AvgIpc) is 3.02. The summed E-state index contributed by atoms with van der Waals surface area (Å²) in [7, 11) is 0. The van der Waals surface area contributed by atoms with Crippen LogP contribution in [0.1, 0.15) is 10.6 Å². The summed E-state index contributed by atoms with van der Waals surface area (Å²) in [5.41, 5.74) is 1.12. The lowest BCUT2D eigenvalue weighted by molar-refractivity contribution is -0.118. The Balaban J connectivity index is 1.53. The number of carbonyl (C=O) groups is 1. The summed E-state index contributed by atoms with van der Waals surface area (Å²) in [6.45, 7) is -0.297. The second-order valence-electron chi connectivity index (χ2n) is 4.93. The number of aromatic nitrogens is 2. The van der Waals surface area contributed by atoms with Gasteiger partial charge in [-0.1, -0.05) is 53.8 Å². The average molecular weight is 343 g/mol. The van der Waals surface area contributed by atoms with Gasteiger partial charge in [0.1, 0.15) is 5.01 Å². The molecule has 0 saturated heterocycles. The number of rotatable bonds is 6. The van der Waals surface area contributed by atoms with E-state index in [4.69, 9.17) is 4.74 Å². The highest BCUT2D eigenvalue weighted by molar-refractivity contribution is 7.15. The molecule has 3 aromatic rings. The highest BCUT2D eigenvalue weighted by Gasteiger charge is 2.10. The SMILES string of the molecule is O=C(COc1ccccc1F)Nc1nnc(Cc2ccccc2)s1. The maximum Gasteiger partial charge on any atom is 0.264 e. The van der Waals surface area contributed by atoms with Gasteiger partial charge in [0.25, 0.3) is 5.91 Å². The number of hydrogen-bond donors (Lipinski definition) is 1. The zero-order valence-electron chi connectivity index (χ0n) is 12.6. The second-order valence-corrected chi connectivity index (χ2v) is 5.99. The molecule has 24 heavy (non-hydrogen) atoms. The minimum Gasteiger partial charge on any atom is -0.481 e. The standard InChI is InChI=1S/C17H14FN3O2S/c18-13-8-4-5-9-14(13)23-11-15(22)19-17-21-20-16(24-17)10-12-6-2-1-3-7-12/h1-9H,10-11H2,(H,19,21,22). The summed E-state index contributed by atoms with van der Waals surface area (Å²) in [6, 6.07) is 15.8. The van der Waals surface area contributed by atoms with Crippen molar-refractivity contribution in [2.24, 2.45) is 0 Å². The monoisotopic (exact) mass is 343 g/mol. The van der Waals surface area contributed by atoms with Gasteiger partial charge in [0.2, 0.25) is 5.13 Å². The molecule has 0 radical (unpaired) electrons. The topological polar surface area (TPSA) is 64.1 Å². The largest absolute Gasteiger partial charge is 0.481 e. The number of carbonyl (C=O) groups excluding carboxylic acids is 1. The van der Waals surface area contributed by atoms with Gasteiger partial charge in [0.05, 0.1) is 0 Å². The number of ether oxygens (including phenoxy) is 1. The van der Waals surface area contributed by atoms with Gasteiger partial charge >= 0.3 is 0 Å². The minimum absolute atomic E-state index is 0.0367. The van der Waals surface area contributed by atoms with Gasteiger partial charge in [-0.3, -0.25) is 10.1 Å². The molecule has 1 heterocycles. The lowest BCUT2D eigenvalue weighted by Crippen LogP contribution is -2.20. The molecule has 0 unspecified atom stereocenters. The maximum absolute atomic E-state index is 13.4. The Morgan fingerprint density at radius 3 is 2.62 bits per heavy atom. The Morgan fingerprint density at radius 2 is 1.83 bits per heavy atom. The number of amides is 1. The Kier molecular flexibility index (Phi) is 5.12. The number of nitrogens with zero attached hydrogens (tertiary/aromatic N) is 2. The molecule has 0 saturated carbocycles. The third-order valence-corrected chi connectivity index (χ3v) is 3.95. The van der Waals surface area contributed by atoms with Crippen LogP contribution in [0.15, 0.2) is 54.6 Å². The van der Waals surface area contributed by atoms with Crippen molar-refractivity contribution < 1.29 is 13.9 Å². The summed E-state index contributed by atoms with van der Waals surface area (Å²) in [5.74, 6) is -0.887. The zero-order chi connectivity index (χ0) is 16.8. The fourth-order valence-electron chi connectivity index (χ4n) is 2.01. The summed E-state index contributed by atoms with van der Waals surface area (Å²) in [4.78, 5) is 11.8. The van der Waals surface area contributed by atoms with E-state index in [-0.39, 0.29) is 12.4 Å². The molecular weight excluding hydrogens is 329 g/mol. The van der Waals surface area contributed by atoms with Gasteiger partial charge in [-0.15, -0.1) is 10.2 Å². The molecule has 7 heteroatoms. The van der Waals surface area contributed by atoms with Crippen molar-refractivity contribution in [1.29, 1.82) is 0 Å². The first-order valence-corrected chi connectivity index (χ1v) is 8.06. The van der Waals surface area contributed by atoms with Crippen molar-refractivity contribution in [2.45, 2.75) is 6.42 Å². The summed E-state index contributed by atoms with van der Waals surface area (Å²) >= 11 is 1.30. The van der Waals surface area contributed by atoms with Crippen LogP contribution in [0.2, 0.25) is 0 Å². The predicted molar refractivity (Wildman–Crippen MR) is 89.7 cm³/mol. The van der Waals surface area contributed by atoms with E-state index < -0.39 is 11.7 Å². The lowest BCUT2D eigenvalue weighted by Gasteiger charge is -2.05. The summed E-state index contributed by atoms with van der Waals surface area (Å²) < 4.78 is 18.5. The number of anilines is 1. The molecule has 0 fully saturated rings. The van der Waals surface area contributed by atoms with Crippen LogP contribution in [0.3, 0.4) is 0 Å². The molecule has 0 aliphatic heterocycles. The number of benzene rings is 2. The van der Waals surface area contributed by atoms with Gasteiger partial charge in [0.15, 0.2) is 18.2 Å². The first-order chi connectivity index (χ1) is 11.7. The Morgan fingerprint density at radius 1 is 1.08 bits per heavy atom. The van der Waals surface area contributed by atoms with Crippen LogP contribution in [0.4, 0.5) is 9.52 Å². The van der Waals surface area contributed by atoms with Crippen molar-refractivity contribution >= 4 is 22.4 Å². The first kappa shape index (κ1) is 16.1. The van der Waals surface area contributed by atoms with Gasteiger partial charge in [0, 0.05) is 6.42 Å². The highest BCUT2D eigenvalue weighted by atomic mass is 32.1. The zero-order valence-corrected chi connectivity index (χ0v) is 13.4. The van der Waals surface area contributed by atoms with Gasteiger partial charge < -0.3 is 4.74 Å². The van der Waals surface area contributed by atoms with Crippen LogP contribution in [0.5, 0.6) is 5.75 Å². The highest BCUT2D eigenvalue weighted by Crippen LogP contribution is 2.19. The Labute approximate surface area is 142 Å². The van der Waals surface area contributed by atoms with Gasteiger partial charge in [-0.25, -0.2) is 4.39 Å². The maximum atomic E-state index is 13.4. The van der Waals surface area contributed by atoms with Crippen molar-refractivity contribution in [3.05, 3.63) is 71.0 Å². The minimum atomic E-state index is -0.508. The van der Waals surface area contributed by atoms with E-state index in [1.54, 1.807) is 12.1 Å². The number of hydrogen-bond acceptors (Lipinski definition) is 5. The van der Waals surface area contributed by atoms with E-state index in [0.29, 0.717) is 11.6 Å². The molecule has 5 nitrogen and oxygen atoms in total. The molecule has 0 bridgehead atoms. The Hall–Kier alpha value is -2.80. The third kappa shape index (κ3) is 4.36. The van der Waals surface area contributed by atoms with E-state index in [1.165, 1.54) is 23.5 Å². The van der Waals surface area contributed by atoms with Crippen LogP contribution >= 0.6 is 11.3 Å². The fourth-order valence-corrected chi connectivity index (χ4v) is 2.80. The first-order valence-electron chi connectivity index (χ1n) is 7.24. The number of para-hydroxylation sites is 1. The van der Waals surface area contributed by atoms with E-state index in [2.05, 4.69) is 15.5 Å². The molecule has 3 rings (SSSR count). The van der Waals surface area contributed by atoms with E-state index in [0.717, 1.165) is 10.6 Å². The van der Waals surface area contributed by atoms with Crippen molar-refractivity contribution in [2.75, 3.05) is 11.9 Å². The molecule has 0 spiro atoms. The molecular formula is C17H14FN3O2S. The molecule has 122 valence electrons. The molecule has 0 atom stereocenters. The fraction of sp³-hybridized carbons (Fsp3) is 0.118. The van der Waals surface area contributed by atoms with Crippen LogP contribution < -0.4 is 10.1 Å². The molecule has 1 amide bonds. The van der Waals surface area contributed by atoms with E-state index >= 15 is 0 Å². The van der Waals surface area contributed by atoms with E-state index in [9.17, 15) is 9.18 Å². The third-order valence-electron chi connectivity index (χ3n) is 3.11. The molecule has 1 aromatic heterocycles. The number of halogens is 1. The lowest BCUT2D eigenvalue weighted by atomic mass is 10.2.